The van der Waals surface area contributed by atoms with Crippen LogP contribution in [-0.4, -0.2) is 41.7 Å². The molecule has 8 heteroatoms. The van der Waals surface area contributed by atoms with Gasteiger partial charge in [-0.3, -0.25) is 9.59 Å². The van der Waals surface area contributed by atoms with Gasteiger partial charge in [0, 0.05) is 48.3 Å². The van der Waals surface area contributed by atoms with Crippen LogP contribution in [0.1, 0.15) is 71.8 Å². The fraction of sp³-hybridized carbons (Fsp3) is 0.556. The summed E-state index contributed by atoms with van der Waals surface area (Å²) in [6.45, 7) is 7.73. The standard InChI is InChI=1S/C27H36BrN3O4/c1-15-11-16(2)30-26(33)21(15)14-29-25(32)20-12-22(28)24-23(17(20)3)34-27(4,35-24)13-18-7-9-19(10-8-18)31(5)6/h11-12,18-19H,7-10,13-14H2,1-6H3,(H,29,32)(H,30,33)/t18-,19+,27?. The molecule has 2 N–H and O–H groups in total. The van der Waals surface area contributed by atoms with Crippen LogP contribution in [0.4, 0.5) is 0 Å². The molecule has 1 aromatic carbocycles. The summed E-state index contributed by atoms with van der Waals surface area (Å²) in [5.41, 5.74) is 3.25. The number of nitrogens with zero attached hydrogens (tertiary/aromatic N) is 1. The van der Waals surface area contributed by atoms with Crippen LogP contribution in [-0.2, 0) is 6.54 Å². The number of carbonyl (C=O) groups is 1. The maximum Gasteiger partial charge on any atom is 0.253 e. The highest BCUT2D eigenvalue weighted by Gasteiger charge is 2.42. The number of benzene rings is 1. The Morgan fingerprint density at radius 3 is 2.43 bits per heavy atom. The van der Waals surface area contributed by atoms with Crippen molar-refractivity contribution in [2.75, 3.05) is 14.1 Å². The van der Waals surface area contributed by atoms with E-state index in [1.807, 2.05) is 33.8 Å². The molecular formula is C27H36BrN3O4. The van der Waals surface area contributed by atoms with E-state index in [4.69, 9.17) is 9.47 Å². The first-order chi connectivity index (χ1) is 16.5. The quantitative estimate of drug-likeness (QED) is 0.534. The molecule has 1 aromatic heterocycles. The van der Waals surface area contributed by atoms with Crippen LogP contribution in [0.25, 0.3) is 0 Å². The predicted octanol–water partition coefficient (Wildman–Crippen LogP) is 4.99. The number of halogens is 1. The summed E-state index contributed by atoms with van der Waals surface area (Å²) >= 11 is 3.58. The Morgan fingerprint density at radius 2 is 1.80 bits per heavy atom. The van der Waals surface area contributed by atoms with Gasteiger partial charge in [-0.1, -0.05) is 0 Å². The Morgan fingerprint density at radius 1 is 1.14 bits per heavy atom. The first kappa shape index (κ1) is 25.8. The molecule has 2 heterocycles. The minimum atomic E-state index is -0.757. The molecule has 1 unspecified atom stereocenters. The van der Waals surface area contributed by atoms with Crippen molar-refractivity contribution >= 4 is 21.8 Å². The molecule has 1 amide bonds. The van der Waals surface area contributed by atoms with Gasteiger partial charge in [0.2, 0.25) is 5.79 Å². The van der Waals surface area contributed by atoms with Crippen molar-refractivity contribution in [1.29, 1.82) is 0 Å². The van der Waals surface area contributed by atoms with Crippen molar-refractivity contribution in [2.24, 2.45) is 5.92 Å². The molecule has 1 saturated carbocycles. The monoisotopic (exact) mass is 545 g/mol. The van der Waals surface area contributed by atoms with Crippen LogP contribution in [0.3, 0.4) is 0 Å². The van der Waals surface area contributed by atoms with Crippen LogP contribution in [0.5, 0.6) is 11.5 Å². The van der Waals surface area contributed by atoms with Crippen LogP contribution in [0.2, 0.25) is 0 Å². The van der Waals surface area contributed by atoms with Gasteiger partial charge in [0.1, 0.15) is 0 Å². The zero-order chi connectivity index (χ0) is 25.5. The smallest absolute Gasteiger partial charge is 0.253 e. The molecule has 1 fully saturated rings. The lowest BCUT2D eigenvalue weighted by Crippen LogP contribution is -2.39. The summed E-state index contributed by atoms with van der Waals surface area (Å²) in [5, 5.41) is 2.90. The third kappa shape index (κ3) is 5.43. The Balaban J connectivity index is 1.47. The lowest BCUT2D eigenvalue weighted by Gasteiger charge is -2.35. The fourth-order valence-corrected chi connectivity index (χ4v) is 5.94. The van der Waals surface area contributed by atoms with E-state index in [-0.39, 0.29) is 18.0 Å². The second-order valence-electron chi connectivity index (χ2n) is 10.5. The van der Waals surface area contributed by atoms with Gasteiger partial charge in [-0.05, 0) is 100 Å². The van der Waals surface area contributed by atoms with E-state index in [0.717, 1.165) is 36.1 Å². The van der Waals surface area contributed by atoms with E-state index >= 15 is 0 Å². The van der Waals surface area contributed by atoms with Crippen molar-refractivity contribution in [3.05, 3.63) is 54.9 Å². The van der Waals surface area contributed by atoms with E-state index in [1.165, 1.54) is 12.8 Å². The van der Waals surface area contributed by atoms with Gasteiger partial charge in [-0.25, -0.2) is 0 Å². The number of ether oxygens (including phenoxy) is 2. The predicted molar refractivity (Wildman–Crippen MR) is 140 cm³/mol. The third-order valence-electron chi connectivity index (χ3n) is 7.44. The minimum absolute atomic E-state index is 0.152. The number of fused-ring (bicyclic) bond motifs is 1. The zero-order valence-electron chi connectivity index (χ0n) is 21.5. The van der Waals surface area contributed by atoms with Crippen molar-refractivity contribution in [3.63, 3.8) is 0 Å². The van der Waals surface area contributed by atoms with E-state index in [1.54, 1.807) is 6.07 Å². The number of H-pyrrole nitrogens is 1. The van der Waals surface area contributed by atoms with Crippen molar-refractivity contribution in [2.45, 2.75) is 78.2 Å². The Bertz CT molecular complexity index is 1180. The van der Waals surface area contributed by atoms with Gasteiger partial charge in [-0.15, -0.1) is 0 Å². The average Bonchev–Trinajstić information content (AvgIpc) is 3.13. The average molecular weight is 547 g/mol. The Hall–Kier alpha value is -2.32. The van der Waals surface area contributed by atoms with Gasteiger partial charge < -0.3 is 24.7 Å². The van der Waals surface area contributed by atoms with Gasteiger partial charge in [0.15, 0.2) is 11.5 Å². The highest BCUT2D eigenvalue weighted by Crippen LogP contribution is 2.50. The Kier molecular flexibility index (Phi) is 7.34. The van der Waals surface area contributed by atoms with Crippen LogP contribution in [0.15, 0.2) is 21.4 Å². The summed E-state index contributed by atoms with van der Waals surface area (Å²) in [6.07, 6.45) is 5.51. The second kappa shape index (κ2) is 9.97. The van der Waals surface area contributed by atoms with E-state index in [2.05, 4.69) is 45.2 Å². The summed E-state index contributed by atoms with van der Waals surface area (Å²) in [6, 6.07) is 4.32. The number of carbonyl (C=O) groups excluding carboxylic acids is 1. The van der Waals surface area contributed by atoms with E-state index in [9.17, 15) is 9.59 Å². The topological polar surface area (TPSA) is 83.7 Å². The van der Waals surface area contributed by atoms with Crippen LogP contribution < -0.4 is 20.3 Å². The second-order valence-corrected chi connectivity index (χ2v) is 11.3. The zero-order valence-corrected chi connectivity index (χ0v) is 23.1. The molecule has 0 saturated heterocycles. The highest BCUT2D eigenvalue weighted by atomic mass is 79.9. The van der Waals surface area contributed by atoms with E-state index in [0.29, 0.717) is 39.1 Å². The number of pyridine rings is 1. The lowest BCUT2D eigenvalue weighted by molar-refractivity contribution is -0.0842. The normalized spacial score (nSPS) is 23.5. The van der Waals surface area contributed by atoms with Crippen molar-refractivity contribution in [3.8, 4) is 11.5 Å². The van der Waals surface area contributed by atoms with Crippen molar-refractivity contribution < 1.29 is 14.3 Å². The molecule has 7 nitrogen and oxygen atoms in total. The number of nitrogens with one attached hydrogen (secondary N) is 2. The molecule has 1 aliphatic heterocycles. The third-order valence-corrected chi connectivity index (χ3v) is 8.03. The minimum Gasteiger partial charge on any atom is -0.448 e. The molecular weight excluding hydrogens is 510 g/mol. The number of rotatable bonds is 6. The van der Waals surface area contributed by atoms with E-state index < -0.39 is 5.79 Å². The molecule has 4 rings (SSSR count). The highest BCUT2D eigenvalue weighted by molar-refractivity contribution is 9.10. The first-order valence-corrected chi connectivity index (χ1v) is 13.1. The Labute approximate surface area is 215 Å². The molecule has 1 aliphatic carbocycles. The molecule has 2 aliphatic rings. The molecule has 35 heavy (non-hydrogen) atoms. The molecule has 1 atom stereocenters. The number of amides is 1. The lowest BCUT2D eigenvalue weighted by atomic mass is 9.82. The van der Waals surface area contributed by atoms with Crippen LogP contribution in [0, 0.1) is 26.7 Å². The molecule has 0 bridgehead atoms. The van der Waals surface area contributed by atoms with Gasteiger partial charge in [0.25, 0.3) is 11.5 Å². The summed E-state index contributed by atoms with van der Waals surface area (Å²) in [7, 11) is 4.31. The molecule has 190 valence electrons. The number of hydrogen-bond donors (Lipinski definition) is 2. The molecule has 0 radical (unpaired) electrons. The number of aromatic amines is 1. The van der Waals surface area contributed by atoms with Gasteiger partial charge in [0.05, 0.1) is 4.47 Å². The number of aromatic nitrogens is 1. The molecule has 2 aromatic rings. The SMILES string of the molecule is Cc1cc(C)c(CNC(=O)c2cc(Br)c3c(c2C)OC(C)(C[C@H]2CC[C@@H](N(C)C)CC2)O3)c(=O)[nH]1. The largest absolute Gasteiger partial charge is 0.448 e. The van der Waals surface area contributed by atoms with Gasteiger partial charge in [-0.2, -0.15) is 0 Å². The fourth-order valence-electron chi connectivity index (χ4n) is 5.45. The summed E-state index contributed by atoms with van der Waals surface area (Å²) < 4.78 is 13.4. The molecule has 0 spiro atoms. The maximum atomic E-state index is 13.1. The summed E-state index contributed by atoms with van der Waals surface area (Å²) in [4.78, 5) is 30.5. The summed E-state index contributed by atoms with van der Waals surface area (Å²) in [5.74, 6) is 0.785. The van der Waals surface area contributed by atoms with Crippen molar-refractivity contribution in [1.82, 2.24) is 15.2 Å². The maximum absolute atomic E-state index is 13.1. The number of aryl methyl sites for hydroxylation is 2. The van der Waals surface area contributed by atoms with Crippen LogP contribution >= 0.6 is 15.9 Å². The number of hydrogen-bond acceptors (Lipinski definition) is 5. The van der Waals surface area contributed by atoms with Gasteiger partial charge >= 0.3 is 0 Å². The first-order valence-electron chi connectivity index (χ1n) is 12.3.